The third-order valence-electron chi connectivity index (χ3n) is 5.31. The SMILES string of the molecule is COc1ccc2c(c1)N(C)C(=C1SC(=Nc3cccc(Cl)c3)N(c3cccc(C)c3)C1=O)S2. The minimum absolute atomic E-state index is 0.0968. The smallest absolute Gasteiger partial charge is 0.274 e. The highest BCUT2D eigenvalue weighted by atomic mass is 35.5. The second-order valence-electron chi connectivity index (χ2n) is 7.58. The summed E-state index contributed by atoms with van der Waals surface area (Å²) >= 11 is 9.13. The van der Waals surface area contributed by atoms with E-state index in [1.807, 2.05) is 73.5 Å². The number of amides is 1. The van der Waals surface area contributed by atoms with Crippen LogP contribution in [0.1, 0.15) is 5.56 Å². The molecule has 2 aliphatic heterocycles. The molecule has 5 nitrogen and oxygen atoms in total. The molecule has 0 bridgehead atoms. The van der Waals surface area contributed by atoms with Crippen LogP contribution in [0.4, 0.5) is 17.1 Å². The third kappa shape index (κ3) is 4.12. The maximum atomic E-state index is 13.8. The number of carbonyl (C=O) groups excluding carboxylic acids is 1. The van der Waals surface area contributed by atoms with Gasteiger partial charge >= 0.3 is 0 Å². The number of thioether (sulfide) groups is 2. The molecule has 1 amide bonds. The molecule has 0 radical (unpaired) electrons. The summed E-state index contributed by atoms with van der Waals surface area (Å²) in [6, 6.07) is 21.1. The Morgan fingerprint density at radius 3 is 2.58 bits per heavy atom. The van der Waals surface area contributed by atoms with Crippen molar-refractivity contribution in [2.24, 2.45) is 4.99 Å². The highest BCUT2D eigenvalue weighted by Gasteiger charge is 2.40. The maximum Gasteiger partial charge on any atom is 0.274 e. The highest BCUT2D eigenvalue weighted by Crippen LogP contribution is 2.51. The first kappa shape index (κ1) is 21.9. The molecule has 2 heterocycles. The highest BCUT2D eigenvalue weighted by molar-refractivity contribution is 8.20. The molecule has 166 valence electrons. The number of nitrogens with zero attached hydrogens (tertiary/aromatic N) is 3. The lowest BCUT2D eigenvalue weighted by Crippen LogP contribution is -2.29. The molecule has 0 aliphatic carbocycles. The fraction of sp³-hybridized carbons (Fsp3) is 0.120. The van der Waals surface area contributed by atoms with Crippen LogP contribution in [0, 0.1) is 6.92 Å². The van der Waals surface area contributed by atoms with Gasteiger partial charge in [0.2, 0.25) is 0 Å². The van der Waals surface area contributed by atoms with Crippen LogP contribution in [-0.2, 0) is 4.79 Å². The first-order valence-electron chi connectivity index (χ1n) is 10.2. The quantitative estimate of drug-likeness (QED) is 0.374. The van der Waals surface area contributed by atoms with Crippen molar-refractivity contribution in [1.29, 1.82) is 0 Å². The number of fused-ring (bicyclic) bond motifs is 1. The number of halogens is 1. The van der Waals surface area contributed by atoms with E-state index in [2.05, 4.69) is 0 Å². The molecule has 3 aromatic rings. The summed E-state index contributed by atoms with van der Waals surface area (Å²) in [5.74, 6) is 0.683. The Labute approximate surface area is 206 Å². The summed E-state index contributed by atoms with van der Waals surface area (Å²) in [4.78, 5) is 24.0. The van der Waals surface area contributed by atoms with Gasteiger partial charge in [-0.1, -0.05) is 41.6 Å². The second-order valence-corrected chi connectivity index (χ2v) is 10.0. The van der Waals surface area contributed by atoms with Crippen LogP contribution in [-0.4, -0.2) is 25.2 Å². The molecule has 2 aliphatic rings. The Bertz CT molecular complexity index is 1340. The lowest BCUT2D eigenvalue weighted by molar-refractivity contribution is -0.113. The summed E-state index contributed by atoms with van der Waals surface area (Å²) in [7, 11) is 3.62. The van der Waals surface area contributed by atoms with E-state index in [0.717, 1.165) is 32.6 Å². The van der Waals surface area contributed by atoms with Crippen molar-refractivity contribution in [3.05, 3.63) is 87.3 Å². The molecular formula is C25H20ClN3O2S2. The lowest BCUT2D eigenvalue weighted by Gasteiger charge is -2.17. The number of ether oxygens (including phenoxy) is 1. The number of rotatable bonds is 3. The summed E-state index contributed by atoms with van der Waals surface area (Å²) in [5.41, 5.74) is 3.56. The first-order valence-corrected chi connectivity index (χ1v) is 12.2. The largest absolute Gasteiger partial charge is 0.497 e. The Morgan fingerprint density at radius 2 is 1.82 bits per heavy atom. The summed E-state index contributed by atoms with van der Waals surface area (Å²) < 4.78 is 5.39. The van der Waals surface area contributed by atoms with Gasteiger partial charge in [-0.3, -0.25) is 9.69 Å². The number of aliphatic imine (C=N–C) groups is 1. The minimum atomic E-state index is -0.0968. The molecule has 8 heteroatoms. The zero-order valence-corrected chi connectivity index (χ0v) is 20.6. The van der Waals surface area contributed by atoms with Crippen molar-refractivity contribution in [2.45, 2.75) is 11.8 Å². The standard InChI is InChI=1S/C25H20ClN3O2S2/c1-15-6-4-9-18(12-15)29-23(30)22(33-25(29)27-17-8-5-7-16(26)13-17)24-28(2)20-14-19(31-3)10-11-21(20)32-24/h4-14H,1-3H3. The van der Waals surface area contributed by atoms with Gasteiger partial charge in [-0.05, 0) is 66.7 Å². The molecule has 0 aromatic heterocycles. The normalized spacial score (nSPS) is 18.9. The monoisotopic (exact) mass is 493 g/mol. The van der Waals surface area contributed by atoms with Crippen molar-refractivity contribution >= 4 is 63.3 Å². The predicted molar refractivity (Wildman–Crippen MR) is 139 cm³/mol. The van der Waals surface area contributed by atoms with Crippen LogP contribution in [0.2, 0.25) is 5.02 Å². The second kappa shape index (κ2) is 8.82. The van der Waals surface area contributed by atoms with E-state index in [4.69, 9.17) is 21.3 Å². The van der Waals surface area contributed by atoms with Crippen LogP contribution in [0.3, 0.4) is 0 Å². The van der Waals surface area contributed by atoms with Gasteiger partial charge in [0.05, 0.1) is 29.2 Å². The molecule has 0 atom stereocenters. The van der Waals surface area contributed by atoms with E-state index in [1.54, 1.807) is 35.9 Å². The van der Waals surface area contributed by atoms with Crippen molar-refractivity contribution in [3.8, 4) is 5.75 Å². The molecule has 0 spiro atoms. The van der Waals surface area contributed by atoms with Gasteiger partial charge in [0.25, 0.3) is 5.91 Å². The molecular weight excluding hydrogens is 474 g/mol. The molecule has 3 aromatic carbocycles. The van der Waals surface area contributed by atoms with E-state index in [0.29, 0.717) is 20.8 Å². The summed E-state index contributed by atoms with van der Waals surface area (Å²) in [6.07, 6.45) is 0. The van der Waals surface area contributed by atoms with Crippen molar-refractivity contribution in [2.75, 3.05) is 24.0 Å². The van der Waals surface area contributed by atoms with Gasteiger partial charge < -0.3 is 9.64 Å². The number of methoxy groups -OCH3 is 1. The van der Waals surface area contributed by atoms with Gasteiger partial charge in [-0.25, -0.2) is 4.99 Å². The number of anilines is 2. The van der Waals surface area contributed by atoms with Crippen molar-refractivity contribution in [3.63, 3.8) is 0 Å². The Hall–Kier alpha value is -2.87. The summed E-state index contributed by atoms with van der Waals surface area (Å²) in [5, 5.41) is 2.07. The molecule has 0 unspecified atom stereocenters. The van der Waals surface area contributed by atoms with Crippen LogP contribution >= 0.6 is 35.1 Å². The predicted octanol–water partition coefficient (Wildman–Crippen LogP) is 6.84. The van der Waals surface area contributed by atoms with Gasteiger partial charge in [0, 0.05) is 23.0 Å². The van der Waals surface area contributed by atoms with Crippen LogP contribution < -0.4 is 14.5 Å². The van der Waals surface area contributed by atoms with Crippen molar-refractivity contribution in [1.82, 2.24) is 0 Å². The number of hydrogen-bond acceptors (Lipinski definition) is 6. The van der Waals surface area contributed by atoms with Crippen LogP contribution in [0.25, 0.3) is 0 Å². The topological polar surface area (TPSA) is 45.1 Å². The molecule has 0 N–H and O–H groups in total. The van der Waals surface area contributed by atoms with Gasteiger partial charge in [-0.15, -0.1) is 0 Å². The Kier molecular flexibility index (Phi) is 5.86. The number of hydrogen-bond donors (Lipinski definition) is 0. The van der Waals surface area contributed by atoms with Gasteiger partial charge in [0.15, 0.2) is 5.17 Å². The maximum absolute atomic E-state index is 13.8. The van der Waals surface area contributed by atoms with Gasteiger partial charge in [0.1, 0.15) is 10.7 Å². The molecule has 0 saturated carbocycles. The fourth-order valence-corrected chi connectivity index (χ4v) is 6.19. The van der Waals surface area contributed by atoms with Crippen LogP contribution in [0.15, 0.2) is 86.6 Å². The molecule has 5 rings (SSSR count). The number of aryl methyl sites for hydroxylation is 1. The zero-order valence-electron chi connectivity index (χ0n) is 18.2. The van der Waals surface area contributed by atoms with Crippen LogP contribution in [0.5, 0.6) is 5.75 Å². The van der Waals surface area contributed by atoms with E-state index >= 15 is 0 Å². The average molecular weight is 494 g/mol. The third-order valence-corrected chi connectivity index (χ3v) is 7.94. The minimum Gasteiger partial charge on any atom is -0.497 e. The molecule has 1 saturated heterocycles. The first-order chi connectivity index (χ1) is 15.9. The molecule has 33 heavy (non-hydrogen) atoms. The number of amidine groups is 1. The van der Waals surface area contributed by atoms with E-state index in [1.165, 1.54) is 11.8 Å². The molecule has 1 fully saturated rings. The Morgan fingerprint density at radius 1 is 1.00 bits per heavy atom. The van der Waals surface area contributed by atoms with E-state index < -0.39 is 0 Å². The zero-order chi connectivity index (χ0) is 23.1. The van der Waals surface area contributed by atoms with E-state index in [-0.39, 0.29) is 5.91 Å². The number of benzene rings is 3. The fourth-order valence-electron chi connectivity index (χ4n) is 3.68. The average Bonchev–Trinajstić information content (AvgIpc) is 3.29. The Balaban J connectivity index is 1.61. The van der Waals surface area contributed by atoms with Gasteiger partial charge in [-0.2, -0.15) is 0 Å². The summed E-state index contributed by atoms with van der Waals surface area (Å²) in [6.45, 7) is 2.01. The number of carbonyl (C=O) groups is 1. The van der Waals surface area contributed by atoms with E-state index in [9.17, 15) is 4.79 Å². The van der Waals surface area contributed by atoms with Crippen molar-refractivity contribution < 1.29 is 9.53 Å². The lowest BCUT2D eigenvalue weighted by atomic mass is 10.2.